The minimum absolute atomic E-state index is 0.0767. The topological polar surface area (TPSA) is 127 Å². The van der Waals surface area contributed by atoms with Crippen LogP contribution in [-0.4, -0.2) is 40.7 Å². The molecule has 0 radical (unpaired) electrons. The number of aromatic nitrogens is 3. The molecule has 0 bridgehead atoms. The standard InChI is InChI=1S/C28H34N6O3/c1-18-13-31-25-8-7-21(12-23(18)25)15-32-26(35)16-34-19(2)14-33-27(28(34)36)30-10-9-20-5-4-6-22(11-20)24(29)17-37-3/h4-8,11-14,24,31H,9-10,15-17,29H2,1-3H3,(H,30,33)(H,32,35). The third-order valence-electron chi connectivity index (χ3n) is 6.43. The smallest absolute Gasteiger partial charge is 0.293 e. The number of nitrogens with two attached hydrogens (primary N) is 1. The molecule has 0 spiro atoms. The average molecular weight is 503 g/mol. The monoisotopic (exact) mass is 502 g/mol. The normalized spacial score (nSPS) is 12.0. The van der Waals surface area contributed by atoms with Gasteiger partial charge in [0.05, 0.1) is 12.6 Å². The van der Waals surface area contributed by atoms with Crippen LogP contribution in [0.4, 0.5) is 5.82 Å². The lowest BCUT2D eigenvalue weighted by Crippen LogP contribution is -2.34. The summed E-state index contributed by atoms with van der Waals surface area (Å²) in [7, 11) is 1.63. The van der Waals surface area contributed by atoms with Gasteiger partial charge >= 0.3 is 0 Å². The lowest BCUT2D eigenvalue weighted by Gasteiger charge is -2.14. The van der Waals surface area contributed by atoms with Crippen LogP contribution in [0.3, 0.4) is 0 Å². The van der Waals surface area contributed by atoms with E-state index in [4.69, 9.17) is 10.5 Å². The summed E-state index contributed by atoms with van der Waals surface area (Å²) in [6, 6.07) is 13.9. The van der Waals surface area contributed by atoms with E-state index in [0.717, 1.165) is 33.2 Å². The van der Waals surface area contributed by atoms with Crippen molar-refractivity contribution in [1.82, 2.24) is 19.9 Å². The number of hydrogen-bond donors (Lipinski definition) is 4. The number of fused-ring (bicyclic) bond motifs is 1. The molecule has 9 nitrogen and oxygen atoms in total. The van der Waals surface area contributed by atoms with Crippen molar-refractivity contribution < 1.29 is 9.53 Å². The molecule has 194 valence electrons. The molecule has 0 saturated carbocycles. The number of carbonyl (C=O) groups excluding carboxylic acids is 1. The van der Waals surface area contributed by atoms with Gasteiger partial charge in [0.2, 0.25) is 5.91 Å². The fourth-order valence-electron chi connectivity index (χ4n) is 4.29. The van der Waals surface area contributed by atoms with Crippen molar-refractivity contribution in [2.75, 3.05) is 25.6 Å². The van der Waals surface area contributed by atoms with Crippen molar-refractivity contribution >= 4 is 22.6 Å². The van der Waals surface area contributed by atoms with Gasteiger partial charge in [-0.05, 0) is 54.7 Å². The summed E-state index contributed by atoms with van der Waals surface area (Å²) in [5.41, 5.74) is 11.7. The highest BCUT2D eigenvalue weighted by molar-refractivity contribution is 5.83. The Morgan fingerprint density at radius 2 is 2.03 bits per heavy atom. The first-order valence-electron chi connectivity index (χ1n) is 12.3. The quantitative estimate of drug-likeness (QED) is 0.250. The van der Waals surface area contributed by atoms with Gasteiger partial charge in [0.25, 0.3) is 5.56 Å². The van der Waals surface area contributed by atoms with E-state index in [1.807, 2.05) is 49.5 Å². The van der Waals surface area contributed by atoms with Crippen LogP contribution < -0.4 is 21.9 Å². The van der Waals surface area contributed by atoms with Gasteiger partial charge in [-0.15, -0.1) is 0 Å². The molecule has 4 rings (SSSR count). The highest BCUT2D eigenvalue weighted by atomic mass is 16.5. The average Bonchev–Trinajstić information content (AvgIpc) is 3.27. The summed E-state index contributed by atoms with van der Waals surface area (Å²) in [6.45, 7) is 5.08. The SMILES string of the molecule is COCC(N)c1cccc(CCNc2ncc(C)n(CC(=O)NCc3ccc4[nH]cc(C)c4c3)c2=O)c1. The first-order valence-corrected chi connectivity index (χ1v) is 12.3. The number of nitrogens with zero attached hydrogens (tertiary/aromatic N) is 2. The molecule has 0 aliphatic rings. The maximum atomic E-state index is 13.0. The number of ether oxygens (including phenoxy) is 1. The second kappa shape index (κ2) is 11.9. The second-order valence-corrected chi connectivity index (χ2v) is 9.25. The zero-order valence-corrected chi connectivity index (χ0v) is 21.5. The molecule has 37 heavy (non-hydrogen) atoms. The molecule has 0 aliphatic carbocycles. The predicted molar refractivity (Wildman–Crippen MR) is 146 cm³/mol. The maximum absolute atomic E-state index is 13.0. The first-order chi connectivity index (χ1) is 17.9. The summed E-state index contributed by atoms with van der Waals surface area (Å²) in [6.07, 6.45) is 4.25. The van der Waals surface area contributed by atoms with E-state index in [-0.39, 0.29) is 29.9 Å². The minimum atomic E-state index is -0.324. The van der Waals surface area contributed by atoms with E-state index >= 15 is 0 Å². The van der Waals surface area contributed by atoms with Crippen LogP contribution in [0.5, 0.6) is 0 Å². The summed E-state index contributed by atoms with van der Waals surface area (Å²) < 4.78 is 6.58. The number of nitrogens with one attached hydrogen (secondary N) is 3. The molecule has 4 aromatic rings. The van der Waals surface area contributed by atoms with Crippen molar-refractivity contribution in [2.24, 2.45) is 5.73 Å². The number of aromatic amines is 1. The van der Waals surface area contributed by atoms with Gasteiger partial charge in [-0.25, -0.2) is 4.98 Å². The number of hydrogen-bond acceptors (Lipinski definition) is 6. The van der Waals surface area contributed by atoms with Gasteiger partial charge in [-0.1, -0.05) is 30.3 Å². The molecular formula is C28H34N6O3. The molecule has 0 fully saturated rings. The summed E-state index contributed by atoms with van der Waals surface area (Å²) in [4.78, 5) is 33.2. The van der Waals surface area contributed by atoms with E-state index < -0.39 is 0 Å². The predicted octanol–water partition coefficient (Wildman–Crippen LogP) is 2.96. The van der Waals surface area contributed by atoms with Gasteiger partial charge in [0.1, 0.15) is 6.54 Å². The Morgan fingerprint density at radius 3 is 2.84 bits per heavy atom. The molecule has 5 N–H and O–H groups in total. The third kappa shape index (κ3) is 6.44. The fourth-order valence-corrected chi connectivity index (χ4v) is 4.29. The first kappa shape index (κ1) is 26.1. The van der Waals surface area contributed by atoms with Crippen LogP contribution in [0.1, 0.15) is 34.0 Å². The van der Waals surface area contributed by atoms with E-state index in [0.29, 0.717) is 31.8 Å². The Bertz CT molecular complexity index is 1440. The number of anilines is 1. The van der Waals surface area contributed by atoms with Gasteiger partial charge in [0, 0.05) is 49.2 Å². The molecular weight excluding hydrogens is 468 g/mol. The summed E-state index contributed by atoms with van der Waals surface area (Å²) in [5, 5.41) is 7.17. The second-order valence-electron chi connectivity index (χ2n) is 9.25. The van der Waals surface area contributed by atoms with Crippen molar-refractivity contribution in [1.29, 1.82) is 0 Å². The number of H-pyrrole nitrogens is 1. The zero-order valence-electron chi connectivity index (χ0n) is 21.5. The van der Waals surface area contributed by atoms with Crippen molar-refractivity contribution in [2.45, 2.75) is 39.4 Å². The molecule has 1 unspecified atom stereocenters. The number of methoxy groups -OCH3 is 1. The van der Waals surface area contributed by atoms with Crippen LogP contribution in [0.15, 0.2) is 59.7 Å². The molecule has 0 saturated heterocycles. The fraction of sp³-hybridized carbons (Fsp3) is 0.321. The van der Waals surface area contributed by atoms with Crippen molar-refractivity contribution in [3.8, 4) is 0 Å². The van der Waals surface area contributed by atoms with Gasteiger partial charge in [-0.2, -0.15) is 0 Å². The van der Waals surface area contributed by atoms with Crippen LogP contribution >= 0.6 is 0 Å². The number of rotatable bonds is 11. The third-order valence-corrected chi connectivity index (χ3v) is 6.43. The number of benzene rings is 2. The van der Waals surface area contributed by atoms with Crippen molar-refractivity contribution in [3.63, 3.8) is 0 Å². The zero-order chi connectivity index (χ0) is 26.4. The Hall–Kier alpha value is -3.95. The summed E-state index contributed by atoms with van der Waals surface area (Å²) in [5.74, 6) is -0.0172. The van der Waals surface area contributed by atoms with E-state index in [2.05, 4.69) is 26.7 Å². The minimum Gasteiger partial charge on any atom is -0.383 e. The Labute approximate surface area is 216 Å². The highest BCUT2D eigenvalue weighted by Crippen LogP contribution is 2.19. The van der Waals surface area contributed by atoms with Gasteiger partial charge in [0.15, 0.2) is 5.82 Å². The van der Waals surface area contributed by atoms with E-state index in [9.17, 15) is 9.59 Å². The molecule has 9 heteroatoms. The Morgan fingerprint density at radius 1 is 1.19 bits per heavy atom. The molecule has 1 atom stereocenters. The van der Waals surface area contributed by atoms with Crippen LogP contribution in [-0.2, 0) is 29.0 Å². The van der Waals surface area contributed by atoms with E-state index in [1.165, 1.54) is 4.57 Å². The largest absolute Gasteiger partial charge is 0.383 e. The summed E-state index contributed by atoms with van der Waals surface area (Å²) >= 11 is 0. The van der Waals surface area contributed by atoms with Gasteiger partial charge in [-0.3, -0.25) is 14.2 Å². The number of aryl methyl sites for hydroxylation is 2. The molecule has 2 aromatic carbocycles. The van der Waals surface area contributed by atoms with Gasteiger partial charge < -0.3 is 26.1 Å². The molecule has 1 amide bonds. The molecule has 2 aromatic heterocycles. The van der Waals surface area contributed by atoms with Crippen LogP contribution in [0.2, 0.25) is 0 Å². The lowest BCUT2D eigenvalue weighted by molar-refractivity contribution is -0.121. The highest BCUT2D eigenvalue weighted by Gasteiger charge is 2.12. The maximum Gasteiger partial charge on any atom is 0.293 e. The molecule has 0 aliphatic heterocycles. The van der Waals surface area contributed by atoms with Crippen LogP contribution in [0.25, 0.3) is 10.9 Å². The Balaban J connectivity index is 1.35. The molecule has 2 heterocycles. The number of amides is 1. The Kier molecular flexibility index (Phi) is 8.37. The number of carbonyl (C=O) groups is 1. The van der Waals surface area contributed by atoms with E-state index in [1.54, 1.807) is 20.2 Å². The lowest BCUT2D eigenvalue weighted by atomic mass is 10.0. The van der Waals surface area contributed by atoms with Crippen molar-refractivity contribution in [3.05, 3.63) is 93.2 Å². The van der Waals surface area contributed by atoms with Crippen LogP contribution in [0, 0.1) is 13.8 Å².